The molecule has 1 saturated heterocycles. The Labute approximate surface area is 157 Å². The monoisotopic (exact) mass is 370 g/mol. The summed E-state index contributed by atoms with van der Waals surface area (Å²) in [5.74, 6) is -1.27. The van der Waals surface area contributed by atoms with Crippen molar-refractivity contribution >= 4 is 17.8 Å². The highest BCUT2D eigenvalue weighted by atomic mass is 16.4. The van der Waals surface area contributed by atoms with Gasteiger partial charge < -0.3 is 19.7 Å². The molecule has 1 aliphatic rings. The highest BCUT2D eigenvalue weighted by molar-refractivity contribution is 5.97. The fourth-order valence-corrected chi connectivity index (χ4v) is 3.34. The molecule has 1 aromatic carbocycles. The number of hydrogen-bond donors (Lipinski definition) is 2. The fourth-order valence-electron chi connectivity index (χ4n) is 3.34. The second-order valence-corrected chi connectivity index (χ2v) is 6.67. The Morgan fingerprint density at radius 2 is 2.04 bits per heavy atom. The van der Waals surface area contributed by atoms with Crippen molar-refractivity contribution in [2.24, 2.45) is 0 Å². The first-order valence-corrected chi connectivity index (χ1v) is 8.88. The van der Waals surface area contributed by atoms with Crippen molar-refractivity contribution in [2.75, 3.05) is 13.1 Å². The molecule has 1 fully saturated rings. The molecule has 1 aromatic heterocycles. The van der Waals surface area contributed by atoms with E-state index in [9.17, 15) is 14.4 Å². The first-order chi connectivity index (χ1) is 13.0. The van der Waals surface area contributed by atoms with Gasteiger partial charge in [0.1, 0.15) is 12.2 Å². The van der Waals surface area contributed by atoms with Crippen LogP contribution in [0.4, 0.5) is 0 Å². The molecule has 27 heavy (non-hydrogen) atoms. The average Bonchev–Trinajstić information content (AvgIpc) is 3.20. The summed E-state index contributed by atoms with van der Waals surface area (Å²) in [7, 11) is 0. The van der Waals surface area contributed by atoms with Gasteiger partial charge in [0.15, 0.2) is 0 Å². The minimum absolute atomic E-state index is 0.0798. The number of furan rings is 1. The lowest BCUT2D eigenvalue weighted by molar-refractivity contribution is -0.136. The van der Waals surface area contributed by atoms with E-state index in [1.54, 1.807) is 11.8 Å². The number of carboxylic acid groups (broad SMARTS) is 1. The number of carboxylic acids is 1. The van der Waals surface area contributed by atoms with Gasteiger partial charge >= 0.3 is 5.97 Å². The van der Waals surface area contributed by atoms with Crippen LogP contribution in [0.2, 0.25) is 0 Å². The summed E-state index contributed by atoms with van der Waals surface area (Å²) in [6.45, 7) is 2.75. The van der Waals surface area contributed by atoms with Crippen LogP contribution in [-0.4, -0.2) is 40.9 Å². The van der Waals surface area contributed by atoms with Gasteiger partial charge in [0.25, 0.3) is 5.91 Å². The maximum absolute atomic E-state index is 12.9. The lowest BCUT2D eigenvalue weighted by Gasteiger charge is -2.25. The quantitative estimate of drug-likeness (QED) is 0.779. The van der Waals surface area contributed by atoms with Gasteiger partial charge in [-0.3, -0.25) is 14.4 Å². The van der Waals surface area contributed by atoms with Crippen molar-refractivity contribution in [2.45, 2.75) is 32.2 Å². The Kier molecular flexibility index (Phi) is 5.59. The molecule has 142 valence electrons. The largest absolute Gasteiger partial charge is 0.481 e. The first kappa shape index (κ1) is 18.7. The molecule has 1 aliphatic heterocycles. The topological polar surface area (TPSA) is 99.8 Å². The molecule has 0 bridgehead atoms. The molecular formula is C20H22N2O5. The zero-order chi connectivity index (χ0) is 19.4. The number of likely N-dealkylation sites (tertiary alicyclic amines) is 1. The lowest BCUT2D eigenvalue weighted by Crippen LogP contribution is -2.39. The van der Waals surface area contributed by atoms with Gasteiger partial charge in [0.05, 0.1) is 17.9 Å². The number of carbonyl (C=O) groups is 3. The molecule has 2 heterocycles. The molecule has 2 aromatic rings. The number of aliphatic carboxylic acids is 1. The van der Waals surface area contributed by atoms with Crippen LogP contribution in [0.25, 0.3) is 0 Å². The lowest BCUT2D eigenvalue weighted by atomic mass is 10.0. The SMILES string of the molecule is Cc1coc(CC(=O)O)c1C(=O)NC(CN1CCCC1=O)c1ccccc1. The number of benzene rings is 1. The van der Waals surface area contributed by atoms with Gasteiger partial charge in [-0.2, -0.15) is 0 Å². The third-order valence-electron chi connectivity index (χ3n) is 4.67. The number of aryl methyl sites for hydroxylation is 1. The van der Waals surface area contributed by atoms with Crippen LogP contribution in [-0.2, 0) is 16.0 Å². The van der Waals surface area contributed by atoms with Crippen LogP contribution in [0.5, 0.6) is 0 Å². The van der Waals surface area contributed by atoms with Crippen LogP contribution in [0, 0.1) is 6.92 Å². The van der Waals surface area contributed by atoms with Gasteiger partial charge in [-0.05, 0) is 18.9 Å². The second-order valence-electron chi connectivity index (χ2n) is 6.67. The Bertz CT molecular complexity index is 843. The minimum atomic E-state index is -1.07. The van der Waals surface area contributed by atoms with Crippen LogP contribution >= 0.6 is 0 Å². The highest BCUT2D eigenvalue weighted by Gasteiger charge is 2.27. The van der Waals surface area contributed by atoms with Gasteiger partial charge in [-0.25, -0.2) is 0 Å². The summed E-state index contributed by atoms with van der Waals surface area (Å²) in [5, 5.41) is 12.0. The van der Waals surface area contributed by atoms with E-state index in [4.69, 9.17) is 9.52 Å². The Morgan fingerprint density at radius 1 is 1.30 bits per heavy atom. The number of amides is 2. The van der Waals surface area contributed by atoms with Gasteiger partial charge in [0, 0.05) is 25.1 Å². The fraction of sp³-hybridized carbons (Fsp3) is 0.350. The van der Waals surface area contributed by atoms with Crippen molar-refractivity contribution in [1.82, 2.24) is 10.2 Å². The summed E-state index contributed by atoms with van der Waals surface area (Å²) in [6.07, 6.45) is 2.36. The Balaban J connectivity index is 1.83. The van der Waals surface area contributed by atoms with E-state index in [-0.39, 0.29) is 23.7 Å². The minimum Gasteiger partial charge on any atom is -0.481 e. The molecular weight excluding hydrogens is 348 g/mol. The first-order valence-electron chi connectivity index (χ1n) is 8.88. The van der Waals surface area contributed by atoms with Crippen LogP contribution < -0.4 is 5.32 Å². The summed E-state index contributed by atoms with van der Waals surface area (Å²) in [4.78, 5) is 37.7. The maximum atomic E-state index is 12.9. The van der Waals surface area contributed by atoms with Crippen LogP contribution in [0.15, 0.2) is 41.0 Å². The predicted molar refractivity (Wildman–Crippen MR) is 97.2 cm³/mol. The van der Waals surface area contributed by atoms with Crippen LogP contribution in [0.1, 0.15) is 46.1 Å². The summed E-state index contributed by atoms with van der Waals surface area (Å²) >= 11 is 0. The van der Waals surface area contributed by atoms with E-state index >= 15 is 0 Å². The van der Waals surface area contributed by atoms with Crippen molar-refractivity contribution in [1.29, 1.82) is 0 Å². The molecule has 7 nitrogen and oxygen atoms in total. The Morgan fingerprint density at radius 3 is 2.67 bits per heavy atom. The van der Waals surface area contributed by atoms with Gasteiger partial charge in [0.2, 0.25) is 5.91 Å². The number of carbonyl (C=O) groups excluding carboxylic acids is 2. The summed E-state index contributed by atoms with van der Waals surface area (Å²) in [6, 6.07) is 9.03. The maximum Gasteiger partial charge on any atom is 0.311 e. The average molecular weight is 370 g/mol. The number of hydrogen-bond acceptors (Lipinski definition) is 4. The normalized spacial score (nSPS) is 15.0. The third kappa shape index (κ3) is 4.36. The highest BCUT2D eigenvalue weighted by Crippen LogP contribution is 2.22. The van der Waals surface area contributed by atoms with Crippen molar-refractivity contribution in [3.8, 4) is 0 Å². The Hall–Kier alpha value is -3.09. The summed E-state index contributed by atoms with van der Waals surface area (Å²) in [5.41, 5.74) is 1.70. The van der Waals surface area contributed by atoms with E-state index in [0.717, 1.165) is 12.0 Å². The van der Waals surface area contributed by atoms with E-state index in [2.05, 4.69) is 5.32 Å². The molecule has 1 atom stereocenters. The third-order valence-corrected chi connectivity index (χ3v) is 4.67. The van der Waals surface area contributed by atoms with Gasteiger partial charge in [-0.1, -0.05) is 30.3 Å². The number of nitrogens with zero attached hydrogens (tertiary/aromatic N) is 1. The molecule has 7 heteroatoms. The summed E-state index contributed by atoms with van der Waals surface area (Å²) < 4.78 is 5.26. The second kappa shape index (κ2) is 8.07. The molecule has 2 amide bonds. The molecule has 1 unspecified atom stereocenters. The standard InChI is InChI=1S/C20H22N2O5/c1-13-12-27-16(10-18(24)25)19(13)20(26)21-15(14-6-3-2-4-7-14)11-22-9-5-8-17(22)23/h2-4,6-7,12,15H,5,8-11H2,1H3,(H,21,26)(H,24,25). The molecule has 0 spiro atoms. The number of rotatable bonds is 7. The van der Waals surface area contributed by atoms with Crippen molar-refractivity contribution in [3.63, 3.8) is 0 Å². The molecule has 0 saturated carbocycles. The van der Waals surface area contributed by atoms with E-state index in [0.29, 0.717) is 25.1 Å². The molecule has 0 aliphatic carbocycles. The van der Waals surface area contributed by atoms with Crippen LogP contribution in [0.3, 0.4) is 0 Å². The predicted octanol–water partition coefficient (Wildman–Crippen LogP) is 2.31. The zero-order valence-corrected chi connectivity index (χ0v) is 15.1. The van der Waals surface area contributed by atoms with E-state index < -0.39 is 17.9 Å². The smallest absolute Gasteiger partial charge is 0.311 e. The van der Waals surface area contributed by atoms with Gasteiger partial charge in [-0.15, -0.1) is 0 Å². The molecule has 0 radical (unpaired) electrons. The zero-order valence-electron chi connectivity index (χ0n) is 15.1. The van der Waals surface area contributed by atoms with Crippen molar-refractivity contribution < 1.29 is 23.9 Å². The molecule has 2 N–H and O–H groups in total. The van der Waals surface area contributed by atoms with Crippen molar-refractivity contribution in [3.05, 3.63) is 59.0 Å². The van der Waals surface area contributed by atoms with E-state index in [1.807, 2.05) is 30.3 Å². The van der Waals surface area contributed by atoms with E-state index in [1.165, 1.54) is 6.26 Å². The molecule has 3 rings (SSSR count). The number of nitrogens with one attached hydrogen (secondary N) is 1.